The van der Waals surface area contributed by atoms with Crippen LogP contribution < -0.4 is 16.2 Å². The first-order valence-electron chi connectivity index (χ1n) is 13.2. The van der Waals surface area contributed by atoms with E-state index in [9.17, 15) is 14.4 Å². The van der Waals surface area contributed by atoms with Crippen LogP contribution in [-0.4, -0.2) is 64.7 Å². The number of benzene rings is 2. The summed E-state index contributed by atoms with van der Waals surface area (Å²) < 4.78 is 1.26. The molecule has 2 aromatic heterocycles. The maximum absolute atomic E-state index is 13.1. The van der Waals surface area contributed by atoms with Gasteiger partial charge < -0.3 is 20.4 Å². The molecule has 10 nitrogen and oxygen atoms in total. The number of carbonyl (C=O) groups is 2. The van der Waals surface area contributed by atoms with Crippen molar-refractivity contribution in [3.63, 3.8) is 0 Å². The maximum atomic E-state index is 13.1. The van der Waals surface area contributed by atoms with Gasteiger partial charge in [0.25, 0.3) is 11.5 Å². The van der Waals surface area contributed by atoms with Gasteiger partial charge in [-0.05, 0) is 53.9 Å². The minimum atomic E-state index is -0.711. The molecule has 0 radical (unpaired) electrons. The minimum absolute atomic E-state index is 0.0131. The molecule has 0 bridgehead atoms. The Morgan fingerprint density at radius 1 is 0.884 bits per heavy atom. The molecule has 4 aromatic rings. The number of urea groups is 1. The lowest BCUT2D eigenvalue weighted by Gasteiger charge is -2.19. The number of aromatic nitrogens is 3. The van der Waals surface area contributed by atoms with Crippen LogP contribution in [0.25, 0.3) is 28.1 Å². The first kappa shape index (κ1) is 31.3. The molecule has 0 aliphatic carbocycles. The Hall–Kier alpha value is -4.67. The third-order valence-corrected chi connectivity index (χ3v) is 7.14. The first-order valence-corrected chi connectivity index (χ1v) is 14.0. The molecule has 12 heteroatoms. The summed E-state index contributed by atoms with van der Waals surface area (Å²) in [4.78, 5) is 46.1. The summed E-state index contributed by atoms with van der Waals surface area (Å²) >= 11 is 12.2. The number of nitrogens with one attached hydrogen (secondary N) is 2. The van der Waals surface area contributed by atoms with Gasteiger partial charge in [-0.3, -0.25) is 14.6 Å². The van der Waals surface area contributed by atoms with Crippen molar-refractivity contribution in [1.82, 2.24) is 24.6 Å². The number of rotatable bonds is 8. The molecular formula is C31H31Cl2N7O3. The molecule has 43 heavy (non-hydrogen) atoms. The van der Waals surface area contributed by atoms with Crippen LogP contribution in [0.4, 0.5) is 16.2 Å². The molecule has 0 aliphatic rings. The fraction of sp³-hybridized carbons (Fsp3) is 0.194. The topological polar surface area (TPSA) is 112 Å². The minimum Gasteiger partial charge on any atom is -0.378 e. The number of pyridine rings is 1. The third-order valence-electron chi connectivity index (χ3n) is 6.56. The molecule has 0 saturated carbocycles. The van der Waals surface area contributed by atoms with E-state index in [1.54, 1.807) is 21.0 Å². The zero-order valence-corrected chi connectivity index (χ0v) is 25.9. The van der Waals surface area contributed by atoms with E-state index in [4.69, 9.17) is 23.2 Å². The summed E-state index contributed by atoms with van der Waals surface area (Å²) in [5.74, 6) is -0.133. The molecular weight excluding hydrogens is 589 g/mol. The van der Waals surface area contributed by atoms with Gasteiger partial charge in [0.05, 0.1) is 21.4 Å². The average molecular weight is 621 g/mol. The second-order valence-electron chi connectivity index (χ2n) is 10.0. The van der Waals surface area contributed by atoms with Crippen LogP contribution in [0, 0.1) is 0 Å². The Morgan fingerprint density at radius 2 is 1.53 bits per heavy atom. The van der Waals surface area contributed by atoms with Crippen molar-refractivity contribution < 1.29 is 9.59 Å². The Morgan fingerprint density at radius 3 is 2.16 bits per heavy atom. The van der Waals surface area contributed by atoms with E-state index >= 15 is 0 Å². The lowest BCUT2D eigenvalue weighted by atomic mass is 9.96. The molecule has 0 fully saturated rings. The Labute approximate surface area is 259 Å². The normalized spacial score (nSPS) is 10.7. The number of halogens is 2. The van der Waals surface area contributed by atoms with Gasteiger partial charge in [-0.2, -0.15) is 5.10 Å². The average Bonchev–Trinajstić information content (AvgIpc) is 2.99. The van der Waals surface area contributed by atoms with Gasteiger partial charge in [0.15, 0.2) is 0 Å². The lowest BCUT2D eigenvalue weighted by molar-refractivity contribution is 0.0827. The van der Waals surface area contributed by atoms with Crippen molar-refractivity contribution in [3.8, 4) is 22.4 Å². The van der Waals surface area contributed by atoms with Gasteiger partial charge in [-0.25, -0.2) is 9.48 Å². The van der Waals surface area contributed by atoms with Crippen LogP contribution in [0.5, 0.6) is 0 Å². The SMILES string of the molecule is C=C(c1cc(C(=O)N(C)C)cc(-c2cccc(-c3cc(NC(=O)Nc4c(Cl)cncc4Cl)c(=O)n(CC)n3)c2)c1)N(C)C. The fourth-order valence-electron chi connectivity index (χ4n) is 4.24. The standard InChI is InChI=1S/C31H31Cl2N7O3/c1-7-40-30(42)27(35-31(43)36-28-24(32)16-34-17-25(28)33)15-26(37-40)20-10-8-9-19(11-20)22-12-21(18(2)38(3)4)13-23(14-22)29(41)39(5)6/h8-17H,2,7H2,1,3-6H3,(H2,34,35,36,43). The van der Waals surface area contributed by atoms with Crippen molar-refractivity contribution in [3.05, 3.63) is 99.0 Å². The highest BCUT2D eigenvalue weighted by Gasteiger charge is 2.17. The molecule has 2 aromatic carbocycles. The van der Waals surface area contributed by atoms with Gasteiger partial charge >= 0.3 is 6.03 Å². The van der Waals surface area contributed by atoms with E-state index in [0.29, 0.717) is 16.8 Å². The smallest absolute Gasteiger partial charge is 0.323 e. The zero-order valence-electron chi connectivity index (χ0n) is 24.4. The summed E-state index contributed by atoms with van der Waals surface area (Å²) in [6, 6.07) is 14.0. The Bertz CT molecular complexity index is 1730. The molecule has 0 saturated heterocycles. The fourth-order valence-corrected chi connectivity index (χ4v) is 4.70. The Balaban J connectivity index is 1.75. The second kappa shape index (κ2) is 13.1. The van der Waals surface area contributed by atoms with Crippen LogP contribution >= 0.6 is 23.2 Å². The first-order chi connectivity index (χ1) is 20.4. The summed E-state index contributed by atoms with van der Waals surface area (Å²) in [7, 11) is 7.19. The van der Waals surface area contributed by atoms with Crippen LogP contribution in [-0.2, 0) is 6.54 Å². The van der Waals surface area contributed by atoms with Crippen molar-refractivity contribution >= 4 is 52.2 Å². The van der Waals surface area contributed by atoms with Crippen LogP contribution in [0.1, 0.15) is 22.8 Å². The van der Waals surface area contributed by atoms with E-state index in [1.807, 2.05) is 61.5 Å². The van der Waals surface area contributed by atoms with Gasteiger partial charge in [-0.15, -0.1) is 0 Å². The van der Waals surface area contributed by atoms with Crippen molar-refractivity contribution in [2.24, 2.45) is 0 Å². The Kier molecular flexibility index (Phi) is 9.53. The second-order valence-corrected chi connectivity index (χ2v) is 10.9. The molecule has 4 rings (SSSR count). The number of hydrogen-bond acceptors (Lipinski definition) is 6. The third kappa shape index (κ3) is 7.04. The maximum Gasteiger partial charge on any atom is 0.323 e. The number of amides is 3. The predicted molar refractivity (Wildman–Crippen MR) is 173 cm³/mol. The number of anilines is 2. The number of nitrogens with zero attached hydrogens (tertiary/aromatic N) is 5. The van der Waals surface area contributed by atoms with Gasteiger partial charge in [0.1, 0.15) is 5.69 Å². The number of carbonyl (C=O) groups excluding carboxylic acids is 2. The highest BCUT2D eigenvalue weighted by molar-refractivity contribution is 6.39. The van der Waals surface area contributed by atoms with E-state index in [-0.39, 0.29) is 33.9 Å². The number of aryl methyl sites for hydroxylation is 1. The van der Waals surface area contributed by atoms with Crippen molar-refractivity contribution in [1.29, 1.82) is 0 Å². The van der Waals surface area contributed by atoms with E-state index in [1.165, 1.54) is 28.0 Å². The highest BCUT2D eigenvalue weighted by atomic mass is 35.5. The number of hydrogen-bond donors (Lipinski definition) is 2. The van der Waals surface area contributed by atoms with Gasteiger partial charge in [-0.1, -0.05) is 48.0 Å². The summed E-state index contributed by atoms with van der Waals surface area (Å²) in [5.41, 5.74) is 4.57. The van der Waals surface area contributed by atoms with E-state index < -0.39 is 11.6 Å². The lowest BCUT2D eigenvalue weighted by Crippen LogP contribution is -2.29. The van der Waals surface area contributed by atoms with E-state index in [2.05, 4.69) is 27.3 Å². The van der Waals surface area contributed by atoms with Crippen molar-refractivity contribution in [2.45, 2.75) is 13.5 Å². The van der Waals surface area contributed by atoms with Gasteiger partial charge in [0, 0.05) is 64.0 Å². The quantitative estimate of drug-likeness (QED) is 0.244. The van der Waals surface area contributed by atoms with Crippen LogP contribution in [0.3, 0.4) is 0 Å². The molecule has 0 spiro atoms. The molecule has 0 aliphatic heterocycles. The molecule has 0 atom stereocenters. The largest absolute Gasteiger partial charge is 0.378 e. The highest BCUT2D eigenvalue weighted by Crippen LogP contribution is 2.31. The van der Waals surface area contributed by atoms with E-state index in [0.717, 1.165) is 22.4 Å². The molecule has 0 unspecified atom stereocenters. The summed E-state index contributed by atoms with van der Waals surface area (Å²) in [6.45, 7) is 6.22. The zero-order chi connectivity index (χ0) is 31.4. The molecule has 2 heterocycles. The predicted octanol–water partition coefficient (Wildman–Crippen LogP) is 6.18. The molecule has 222 valence electrons. The van der Waals surface area contributed by atoms with Gasteiger partial charge in [0.2, 0.25) is 0 Å². The summed E-state index contributed by atoms with van der Waals surface area (Å²) in [6.07, 6.45) is 2.69. The summed E-state index contributed by atoms with van der Waals surface area (Å²) in [5, 5.41) is 9.96. The van der Waals surface area contributed by atoms with Crippen molar-refractivity contribution in [2.75, 3.05) is 38.8 Å². The molecule has 3 amide bonds. The van der Waals surface area contributed by atoms with Crippen LogP contribution in [0.15, 0.2) is 72.3 Å². The monoisotopic (exact) mass is 619 g/mol. The molecule has 2 N–H and O–H groups in total. The van der Waals surface area contributed by atoms with Crippen LogP contribution in [0.2, 0.25) is 10.0 Å².